The maximum Gasteiger partial charge on any atom is 0.270 e. The standard InChI is InChI=1S/C18H23ClN2O/c1-21(15-7-5-3-2-4-6-8-15)18(22)17-12-13-11-14(19)9-10-16(13)20-17/h9-12,15,20H,2-8H2,1H3. The maximum absolute atomic E-state index is 12.8. The molecule has 0 aliphatic heterocycles. The van der Waals surface area contributed by atoms with Crippen molar-refractivity contribution in [1.29, 1.82) is 0 Å². The van der Waals surface area contributed by atoms with E-state index in [-0.39, 0.29) is 5.91 Å². The SMILES string of the molecule is CN(C(=O)c1cc2cc(Cl)ccc2[nH]1)C1CCCCCCC1. The number of halogens is 1. The van der Waals surface area contributed by atoms with Gasteiger partial charge < -0.3 is 9.88 Å². The molecule has 1 fully saturated rings. The molecular formula is C18H23ClN2O. The number of hydrogen-bond acceptors (Lipinski definition) is 1. The van der Waals surface area contributed by atoms with Gasteiger partial charge in [0.25, 0.3) is 5.91 Å². The van der Waals surface area contributed by atoms with Crippen molar-refractivity contribution >= 4 is 28.4 Å². The molecule has 118 valence electrons. The first kappa shape index (κ1) is 15.4. The lowest BCUT2D eigenvalue weighted by Gasteiger charge is -2.29. The van der Waals surface area contributed by atoms with Crippen molar-refractivity contribution in [2.45, 2.75) is 51.0 Å². The number of aromatic amines is 1. The van der Waals surface area contributed by atoms with E-state index in [1.807, 2.05) is 36.2 Å². The first-order valence-electron chi connectivity index (χ1n) is 8.20. The van der Waals surface area contributed by atoms with Crippen LogP contribution in [-0.4, -0.2) is 28.9 Å². The number of amides is 1. The van der Waals surface area contributed by atoms with Crippen LogP contribution in [0.4, 0.5) is 0 Å². The highest BCUT2D eigenvalue weighted by atomic mass is 35.5. The zero-order valence-electron chi connectivity index (χ0n) is 13.1. The Morgan fingerprint density at radius 2 is 1.82 bits per heavy atom. The van der Waals surface area contributed by atoms with Gasteiger partial charge in [-0.25, -0.2) is 0 Å². The van der Waals surface area contributed by atoms with Crippen LogP contribution in [-0.2, 0) is 0 Å². The van der Waals surface area contributed by atoms with E-state index in [0.29, 0.717) is 16.8 Å². The second-order valence-electron chi connectivity index (χ2n) is 6.33. The summed E-state index contributed by atoms with van der Waals surface area (Å²) in [6.45, 7) is 0. The lowest BCUT2D eigenvalue weighted by Crippen LogP contribution is -2.37. The van der Waals surface area contributed by atoms with Gasteiger partial charge in [-0.15, -0.1) is 0 Å². The third kappa shape index (κ3) is 3.30. The van der Waals surface area contributed by atoms with Crippen LogP contribution in [0.2, 0.25) is 5.02 Å². The van der Waals surface area contributed by atoms with E-state index in [9.17, 15) is 4.79 Å². The van der Waals surface area contributed by atoms with Crippen LogP contribution in [0.3, 0.4) is 0 Å². The number of carbonyl (C=O) groups is 1. The molecule has 22 heavy (non-hydrogen) atoms. The van der Waals surface area contributed by atoms with Crippen LogP contribution < -0.4 is 0 Å². The van der Waals surface area contributed by atoms with Crippen molar-refractivity contribution in [2.24, 2.45) is 0 Å². The van der Waals surface area contributed by atoms with E-state index in [2.05, 4.69) is 4.98 Å². The minimum Gasteiger partial charge on any atom is -0.351 e. The van der Waals surface area contributed by atoms with Crippen LogP contribution in [0, 0.1) is 0 Å². The molecule has 0 atom stereocenters. The van der Waals surface area contributed by atoms with E-state index >= 15 is 0 Å². The van der Waals surface area contributed by atoms with E-state index in [4.69, 9.17) is 11.6 Å². The molecule has 1 aliphatic rings. The molecule has 0 spiro atoms. The van der Waals surface area contributed by atoms with Gasteiger partial charge in [-0.05, 0) is 37.1 Å². The molecule has 1 aliphatic carbocycles. The Kier molecular flexibility index (Phi) is 4.72. The van der Waals surface area contributed by atoms with Crippen LogP contribution in [0.5, 0.6) is 0 Å². The molecule has 1 N–H and O–H groups in total. The zero-order chi connectivity index (χ0) is 15.5. The van der Waals surface area contributed by atoms with E-state index in [1.165, 1.54) is 32.1 Å². The molecule has 0 unspecified atom stereocenters. The smallest absolute Gasteiger partial charge is 0.270 e. The molecule has 4 heteroatoms. The molecule has 3 rings (SSSR count). The topological polar surface area (TPSA) is 36.1 Å². The van der Waals surface area contributed by atoms with Crippen molar-refractivity contribution in [2.75, 3.05) is 7.05 Å². The fourth-order valence-corrected chi connectivity index (χ4v) is 3.58. The summed E-state index contributed by atoms with van der Waals surface area (Å²) in [4.78, 5) is 17.9. The predicted molar refractivity (Wildman–Crippen MR) is 91.5 cm³/mol. The molecular weight excluding hydrogens is 296 g/mol. The molecule has 3 nitrogen and oxygen atoms in total. The molecule has 1 aromatic carbocycles. The predicted octanol–water partition coefficient (Wildman–Crippen LogP) is 5.01. The highest BCUT2D eigenvalue weighted by Crippen LogP contribution is 2.24. The average molecular weight is 319 g/mol. The Morgan fingerprint density at radius 3 is 2.55 bits per heavy atom. The number of H-pyrrole nitrogens is 1. The molecule has 0 saturated heterocycles. The third-order valence-corrected chi connectivity index (χ3v) is 4.99. The molecule has 1 heterocycles. The van der Waals surface area contributed by atoms with Gasteiger partial charge in [-0.2, -0.15) is 0 Å². The second kappa shape index (κ2) is 6.74. The number of benzene rings is 1. The van der Waals surface area contributed by atoms with Crippen molar-refractivity contribution < 1.29 is 4.79 Å². The number of rotatable bonds is 2. The van der Waals surface area contributed by atoms with Gasteiger partial charge in [0.2, 0.25) is 0 Å². The van der Waals surface area contributed by atoms with Gasteiger partial charge in [0.1, 0.15) is 5.69 Å². The fraction of sp³-hybridized carbons (Fsp3) is 0.500. The quantitative estimate of drug-likeness (QED) is 0.830. The summed E-state index contributed by atoms with van der Waals surface area (Å²) in [6.07, 6.45) is 8.62. The Bertz CT molecular complexity index is 656. The molecule has 1 amide bonds. The Hall–Kier alpha value is -1.48. The Morgan fingerprint density at radius 1 is 1.14 bits per heavy atom. The van der Waals surface area contributed by atoms with E-state index < -0.39 is 0 Å². The van der Waals surface area contributed by atoms with Crippen LogP contribution >= 0.6 is 11.6 Å². The first-order valence-corrected chi connectivity index (χ1v) is 8.58. The van der Waals surface area contributed by atoms with Gasteiger partial charge in [0.05, 0.1) is 0 Å². The fourth-order valence-electron chi connectivity index (χ4n) is 3.40. The summed E-state index contributed by atoms with van der Waals surface area (Å²) in [5, 5.41) is 1.68. The lowest BCUT2D eigenvalue weighted by molar-refractivity contribution is 0.0702. The van der Waals surface area contributed by atoms with Gasteiger partial charge in [-0.3, -0.25) is 4.79 Å². The lowest BCUT2D eigenvalue weighted by atomic mass is 9.95. The third-order valence-electron chi connectivity index (χ3n) is 4.76. The molecule has 2 aromatic rings. The number of hydrogen-bond donors (Lipinski definition) is 1. The van der Waals surface area contributed by atoms with E-state index in [1.54, 1.807) is 0 Å². The minimum absolute atomic E-state index is 0.0814. The van der Waals surface area contributed by atoms with Gasteiger partial charge >= 0.3 is 0 Å². The van der Waals surface area contributed by atoms with Gasteiger partial charge in [0, 0.05) is 29.0 Å². The summed E-state index contributed by atoms with van der Waals surface area (Å²) in [7, 11) is 1.94. The second-order valence-corrected chi connectivity index (χ2v) is 6.77. The van der Waals surface area contributed by atoms with E-state index in [0.717, 1.165) is 23.7 Å². The summed E-state index contributed by atoms with van der Waals surface area (Å²) in [6, 6.07) is 7.92. The number of fused-ring (bicyclic) bond motifs is 1. The first-order chi connectivity index (χ1) is 10.6. The minimum atomic E-state index is 0.0814. The highest BCUT2D eigenvalue weighted by Gasteiger charge is 2.22. The van der Waals surface area contributed by atoms with Crippen molar-refractivity contribution in [3.8, 4) is 0 Å². The summed E-state index contributed by atoms with van der Waals surface area (Å²) in [5.74, 6) is 0.0814. The van der Waals surface area contributed by atoms with Crippen LogP contribution in [0.25, 0.3) is 10.9 Å². The Balaban J connectivity index is 1.78. The van der Waals surface area contributed by atoms with Crippen molar-refractivity contribution in [1.82, 2.24) is 9.88 Å². The molecule has 1 saturated carbocycles. The number of nitrogens with zero attached hydrogens (tertiary/aromatic N) is 1. The number of nitrogens with one attached hydrogen (secondary N) is 1. The molecule has 0 radical (unpaired) electrons. The molecule has 0 bridgehead atoms. The van der Waals surface area contributed by atoms with Gasteiger partial charge in [-0.1, -0.05) is 43.7 Å². The normalized spacial score (nSPS) is 17.2. The monoisotopic (exact) mass is 318 g/mol. The molecule has 1 aromatic heterocycles. The van der Waals surface area contributed by atoms with Crippen LogP contribution in [0.1, 0.15) is 55.4 Å². The maximum atomic E-state index is 12.8. The van der Waals surface area contributed by atoms with Crippen molar-refractivity contribution in [3.63, 3.8) is 0 Å². The number of carbonyl (C=O) groups excluding carboxylic acids is 1. The van der Waals surface area contributed by atoms with Crippen molar-refractivity contribution in [3.05, 3.63) is 35.0 Å². The average Bonchev–Trinajstić information content (AvgIpc) is 2.88. The number of aromatic nitrogens is 1. The summed E-state index contributed by atoms with van der Waals surface area (Å²) < 4.78 is 0. The zero-order valence-corrected chi connectivity index (χ0v) is 13.8. The van der Waals surface area contributed by atoms with Crippen LogP contribution in [0.15, 0.2) is 24.3 Å². The van der Waals surface area contributed by atoms with Gasteiger partial charge in [0.15, 0.2) is 0 Å². The highest BCUT2D eigenvalue weighted by molar-refractivity contribution is 6.31. The largest absolute Gasteiger partial charge is 0.351 e. The Labute approximate surface area is 136 Å². The summed E-state index contributed by atoms with van der Waals surface area (Å²) >= 11 is 6.02. The summed E-state index contributed by atoms with van der Waals surface area (Å²) in [5.41, 5.74) is 1.61.